The Morgan fingerprint density at radius 1 is 0.857 bits per heavy atom. The highest BCUT2D eigenvalue weighted by molar-refractivity contribution is 6.42. The second-order valence-corrected chi connectivity index (χ2v) is 5.08. The van der Waals surface area contributed by atoms with E-state index in [4.69, 9.17) is 37.9 Å². The monoisotopic (exact) mass is 321 g/mol. The summed E-state index contributed by atoms with van der Waals surface area (Å²) in [5.74, 6) is 1.42. The van der Waals surface area contributed by atoms with Crippen LogP contribution in [0.5, 0.6) is 11.5 Å². The molecule has 0 fully saturated rings. The van der Waals surface area contributed by atoms with E-state index in [9.17, 15) is 0 Å². The molecule has 0 amide bonds. The molecule has 0 unspecified atom stereocenters. The minimum absolute atomic E-state index is 0.475. The topological polar surface area (TPSA) is 42.2 Å². The van der Waals surface area contributed by atoms with Crippen LogP contribution in [0.4, 0.5) is 0 Å². The zero-order valence-electron chi connectivity index (χ0n) is 11.2. The maximum atomic E-state index is 8.69. The largest absolute Gasteiger partial charge is 0.493 e. The van der Waals surface area contributed by atoms with Crippen molar-refractivity contribution in [2.45, 2.75) is 6.42 Å². The molecule has 0 heterocycles. The first-order valence-corrected chi connectivity index (χ1v) is 7.15. The lowest BCUT2D eigenvalue weighted by Crippen LogP contribution is -2.05. The fourth-order valence-electron chi connectivity index (χ4n) is 1.63. The van der Waals surface area contributed by atoms with E-state index < -0.39 is 0 Å². The van der Waals surface area contributed by atoms with Crippen molar-refractivity contribution in [3.63, 3.8) is 0 Å². The fourth-order valence-corrected chi connectivity index (χ4v) is 1.92. The zero-order valence-corrected chi connectivity index (χ0v) is 12.7. The first-order valence-electron chi connectivity index (χ1n) is 6.40. The molecule has 108 valence electrons. The second kappa shape index (κ2) is 7.78. The zero-order chi connectivity index (χ0) is 15.1. The number of hydrogen-bond donors (Lipinski definition) is 0. The SMILES string of the molecule is N#Cc1ccc(OCCCOc2ccc(Cl)c(Cl)c2)cc1. The summed E-state index contributed by atoms with van der Waals surface area (Å²) in [6, 6.07) is 14.2. The van der Waals surface area contributed by atoms with Crippen LogP contribution in [0.1, 0.15) is 12.0 Å². The Hall–Kier alpha value is -1.89. The number of halogens is 2. The van der Waals surface area contributed by atoms with Crippen molar-refractivity contribution in [3.05, 3.63) is 58.1 Å². The molecule has 2 aromatic rings. The van der Waals surface area contributed by atoms with Crippen LogP contribution < -0.4 is 9.47 Å². The van der Waals surface area contributed by atoms with Gasteiger partial charge in [-0.2, -0.15) is 5.26 Å². The smallest absolute Gasteiger partial charge is 0.120 e. The summed E-state index contributed by atoms with van der Waals surface area (Å²) < 4.78 is 11.1. The van der Waals surface area contributed by atoms with Crippen molar-refractivity contribution in [1.82, 2.24) is 0 Å². The van der Waals surface area contributed by atoms with Crippen LogP contribution in [0.15, 0.2) is 42.5 Å². The highest BCUT2D eigenvalue weighted by Crippen LogP contribution is 2.26. The minimum atomic E-state index is 0.475. The van der Waals surface area contributed by atoms with Gasteiger partial charge in [-0.15, -0.1) is 0 Å². The van der Waals surface area contributed by atoms with E-state index in [2.05, 4.69) is 6.07 Å². The van der Waals surface area contributed by atoms with Gasteiger partial charge >= 0.3 is 0 Å². The molecule has 21 heavy (non-hydrogen) atoms. The highest BCUT2D eigenvalue weighted by Gasteiger charge is 2.00. The maximum absolute atomic E-state index is 8.69. The van der Waals surface area contributed by atoms with Crippen molar-refractivity contribution in [2.75, 3.05) is 13.2 Å². The standard InChI is InChI=1S/C16H13Cl2NO2/c17-15-7-6-14(10-16(15)18)21-9-1-8-20-13-4-2-12(11-19)3-5-13/h2-7,10H,1,8-9H2. The third kappa shape index (κ3) is 4.86. The Balaban J connectivity index is 1.69. The predicted molar refractivity (Wildman–Crippen MR) is 83.2 cm³/mol. The van der Waals surface area contributed by atoms with E-state index in [1.165, 1.54) is 0 Å². The Bertz CT molecular complexity index is 636. The van der Waals surface area contributed by atoms with Gasteiger partial charge in [-0.1, -0.05) is 23.2 Å². The lowest BCUT2D eigenvalue weighted by Gasteiger charge is -2.08. The van der Waals surface area contributed by atoms with Crippen LogP contribution >= 0.6 is 23.2 Å². The molecule has 5 heteroatoms. The summed E-state index contributed by atoms with van der Waals surface area (Å²) >= 11 is 11.7. The maximum Gasteiger partial charge on any atom is 0.120 e. The summed E-state index contributed by atoms with van der Waals surface area (Å²) in [7, 11) is 0. The van der Waals surface area contributed by atoms with Crippen LogP contribution in [0, 0.1) is 11.3 Å². The number of hydrogen-bond acceptors (Lipinski definition) is 3. The first kappa shape index (κ1) is 15.5. The van der Waals surface area contributed by atoms with E-state index in [1.807, 2.05) is 0 Å². The van der Waals surface area contributed by atoms with Crippen molar-refractivity contribution in [2.24, 2.45) is 0 Å². The Labute approximate surface area is 133 Å². The van der Waals surface area contributed by atoms with Crippen LogP contribution in [-0.4, -0.2) is 13.2 Å². The van der Waals surface area contributed by atoms with Crippen LogP contribution in [0.2, 0.25) is 10.0 Å². The van der Waals surface area contributed by atoms with Crippen molar-refractivity contribution < 1.29 is 9.47 Å². The van der Waals surface area contributed by atoms with Gasteiger partial charge in [0.1, 0.15) is 11.5 Å². The van der Waals surface area contributed by atoms with Gasteiger partial charge in [0.2, 0.25) is 0 Å². The number of ether oxygens (including phenoxy) is 2. The molecule has 0 bridgehead atoms. The number of nitriles is 1. The van der Waals surface area contributed by atoms with Crippen LogP contribution in [0.25, 0.3) is 0 Å². The van der Waals surface area contributed by atoms with Gasteiger partial charge in [-0.3, -0.25) is 0 Å². The predicted octanol–water partition coefficient (Wildman–Crippen LogP) is 4.71. The Morgan fingerprint density at radius 3 is 2.10 bits per heavy atom. The van der Waals surface area contributed by atoms with E-state index in [1.54, 1.807) is 42.5 Å². The molecule has 0 aliphatic carbocycles. The molecule has 0 radical (unpaired) electrons. The van der Waals surface area contributed by atoms with E-state index >= 15 is 0 Å². The molecule has 0 aliphatic heterocycles. The average molecular weight is 322 g/mol. The summed E-state index contributed by atoms with van der Waals surface area (Å²) in [6.45, 7) is 1.06. The van der Waals surface area contributed by atoms with Crippen LogP contribution in [-0.2, 0) is 0 Å². The molecular formula is C16H13Cl2NO2. The Kier molecular flexibility index (Phi) is 5.74. The highest BCUT2D eigenvalue weighted by atomic mass is 35.5. The average Bonchev–Trinajstić information content (AvgIpc) is 2.51. The molecule has 0 spiro atoms. The molecule has 0 saturated heterocycles. The van der Waals surface area contributed by atoms with Gasteiger partial charge in [0, 0.05) is 12.5 Å². The Morgan fingerprint density at radius 2 is 1.48 bits per heavy atom. The second-order valence-electron chi connectivity index (χ2n) is 4.26. The number of nitrogens with zero attached hydrogens (tertiary/aromatic N) is 1. The normalized spacial score (nSPS) is 9.95. The van der Waals surface area contributed by atoms with Gasteiger partial charge in [-0.25, -0.2) is 0 Å². The van der Waals surface area contributed by atoms with Crippen molar-refractivity contribution in [1.29, 1.82) is 5.26 Å². The summed E-state index contributed by atoms with van der Waals surface area (Å²) in [5, 5.41) is 9.68. The molecule has 2 rings (SSSR count). The fraction of sp³-hybridized carbons (Fsp3) is 0.188. The van der Waals surface area contributed by atoms with Crippen LogP contribution in [0.3, 0.4) is 0 Å². The van der Waals surface area contributed by atoms with E-state index in [-0.39, 0.29) is 0 Å². The van der Waals surface area contributed by atoms with Crippen molar-refractivity contribution in [3.8, 4) is 17.6 Å². The van der Waals surface area contributed by atoms with E-state index in [0.717, 1.165) is 12.2 Å². The molecule has 0 aromatic heterocycles. The van der Waals surface area contributed by atoms with Gasteiger partial charge in [0.15, 0.2) is 0 Å². The lowest BCUT2D eigenvalue weighted by atomic mass is 10.2. The molecule has 0 N–H and O–H groups in total. The third-order valence-corrected chi connectivity index (χ3v) is 3.44. The molecule has 0 saturated carbocycles. The summed E-state index contributed by atoms with van der Waals surface area (Å²) in [6.07, 6.45) is 0.736. The van der Waals surface area contributed by atoms with Gasteiger partial charge < -0.3 is 9.47 Å². The van der Waals surface area contributed by atoms with E-state index in [0.29, 0.717) is 34.6 Å². The number of benzene rings is 2. The quantitative estimate of drug-likeness (QED) is 0.723. The molecule has 0 aliphatic rings. The molecule has 2 aromatic carbocycles. The van der Waals surface area contributed by atoms with Gasteiger partial charge in [-0.05, 0) is 36.4 Å². The third-order valence-electron chi connectivity index (χ3n) is 2.70. The number of rotatable bonds is 6. The van der Waals surface area contributed by atoms with Crippen molar-refractivity contribution >= 4 is 23.2 Å². The molecular weight excluding hydrogens is 309 g/mol. The minimum Gasteiger partial charge on any atom is -0.493 e. The lowest BCUT2D eigenvalue weighted by molar-refractivity contribution is 0.247. The molecule has 3 nitrogen and oxygen atoms in total. The first-order chi connectivity index (χ1) is 10.2. The van der Waals surface area contributed by atoms with Gasteiger partial charge in [0.05, 0.1) is 34.9 Å². The molecule has 0 atom stereocenters. The summed E-state index contributed by atoms with van der Waals surface area (Å²) in [5.41, 5.74) is 0.616. The summed E-state index contributed by atoms with van der Waals surface area (Å²) in [4.78, 5) is 0. The van der Waals surface area contributed by atoms with Gasteiger partial charge in [0.25, 0.3) is 0 Å².